The minimum Gasteiger partial charge on any atom is -0.381 e. The van der Waals surface area contributed by atoms with E-state index in [1.54, 1.807) is 7.11 Å². The first-order chi connectivity index (χ1) is 9.33. The van der Waals surface area contributed by atoms with Crippen LogP contribution in [0.5, 0.6) is 0 Å². The second-order valence-corrected chi connectivity index (χ2v) is 8.07. The number of nitro groups is 1. The van der Waals surface area contributed by atoms with Crippen molar-refractivity contribution in [1.82, 2.24) is 4.72 Å². The summed E-state index contributed by atoms with van der Waals surface area (Å²) in [5, 5.41) is 10.7. The van der Waals surface area contributed by atoms with Gasteiger partial charge in [-0.25, -0.2) is 13.1 Å². The van der Waals surface area contributed by atoms with Crippen LogP contribution in [0.15, 0.2) is 10.3 Å². The number of rotatable bonds is 5. The monoisotopic (exact) mass is 340 g/mol. The highest BCUT2D eigenvalue weighted by Crippen LogP contribution is 2.36. The Bertz CT molecular complexity index is 615. The second-order valence-electron chi connectivity index (χ2n) is 4.47. The van der Waals surface area contributed by atoms with E-state index in [0.717, 1.165) is 12.5 Å². The Balaban J connectivity index is 2.15. The van der Waals surface area contributed by atoms with Gasteiger partial charge in [0.25, 0.3) is 15.7 Å². The summed E-state index contributed by atoms with van der Waals surface area (Å²) in [5.41, 5.74) is -0.391. The molecule has 1 N–H and O–H groups in total. The van der Waals surface area contributed by atoms with Crippen LogP contribution in [-0.2, 0) is 14.8 Å². The first-order valence-electron chi connectivity index (χ1n) is 5.82. The molecule has 0 spiro atoms. The van der Waals surface area contributed by atoms with Crippen molar-refractivity contribution in [3.05, 3.63) is 20.5 Å². The standard InChI is InChI=1S/C10H13ClN2O5S2/c1-18-7-3-2-6(4-7)12-20(16,17)9-5-8(13(14)15)10(11)19-9/h5-7,12H,2-4H2,1H3. The van der Waals surface area contributed by atoms with Crippen LogP contribution in [0.3, 0.4) is 0 Å². The van der Waals surface area contributed by atoms with Gasteiger partial charge in [0.15, 0.2) is 4.34 Å². The van der Waals surface area contributed by atoms with Crippen molar-refractivity contribution < 1.29 is 18.1 Å². The van der Waals surface area contributed by atoms with Gasteiger partial charge in [0.1, 0.15) is 4.21 Å². The molecule has 1 aliphatic rings. The average Bonchev–Trinajstić information content (AvgIpc) is 2.95. The van der Waals surface area contributed by atoms with Crippen LogP contribution in [0, 0.1) is 10.1 Å². The summed E-state index contributed by atoms with van der Waals surface area (Å²) in [4.78, 5) is 9.98. The molecule has 1 fully saturated rings. The zero-order chi connectivity index (χ0) is 14.9. The van der Waals surface area contributed by atoms with Crippen molar-refractivity contribution in [2.75, 3.05) is 7.11 Å². The summed E-state index contributed by atoms with van der Waals surface area (Å²) in [6.07, 6.45) is 2.11. The summed E-state index contributed by atoms with van der Waals surface area (Å²) in [6.45, 7) is 0. The fourth-order valence-electron chi connectivity index (χ4n) is 2.13. The minimum atomic E-state index is -3.79. The number of sulfonamides is 1. The van der Waals surface area contributed by atoms with Crippen molar-refractivity contribution in [3.63, 3.8) is 0 Å². The zero-order valence-corrected chi connectivity index (χ0v) is 12.9. The van der Waals surface area contributed by atoms with Crippen LogP contribution in [-0.4, -0.2) is 32.6 Å². The summed E-state index contributed by atoms with van der Waals surface area (Å²) in [6, 6.07) is 0.767. The third kappa shape index (κ3) is 3.29. The van der Waals surface area contributed by atoms with Crippen molar-refractivity contribution in [2.24, 2.45) is 0 Å². The molecule has 7 nitrogen and oxygen atoms in total. The number of hydrogen-bond acceptors (Lipinski definition) is 6. The van der Waals surface area contributed by atoms with Crippen LogP contribution in [0.25, 0.3) is 0 Å². The Morgan fingerprint density at radius 2 is 2.25 bits per heavy atom. The van der Waals surface area contributed by atoms with E-state index < -0.39 is 20.6 Å². The van der Waals surface area contributed by atoms with Gasteiger partial charge in [-0.15, -0.1) is 11.3 Å². The maximum absolute atomic E-state index is 12.1. The first-order valence-corrected chi connectivity index (χ1v) is 8.50. The zero-order valence-electron chi connectivity index (χ0n) is 10.5. The molecule has 0 amide bonds. The van der Waals surface area contributed by atoms with Gasteiger partial charge in [0.05, 0.1) is 11.0 Å². The van der Waals surface area contributed by atoms with Gasteiger partial charge in [-0.3, -0.25) is 10.1 Å². The van der Waals surface area contributed by atoms with Crippen molar-refractivity contribution in [1.29, 1.82) is 0 Å². The van der Waals surface area contributed by atoms with Crippen molar-refractivity contribution >= 4 is 38.6 Å². The van der Waals surface area contributed by atoms with Gasteiger partial charge < -0.3 is 4.74 Å². The normalized spacial score (nSPS) is 23.1. The fourth-order valence-corrected chi connectivity index (χ4v) is 5.10. The van der Waals surface area contributed by atoms with Gasteiger partial charge in [-0.2, -0.15) is 0 Å². The summed E-state index contributed by atoms with van der Waals surface area (Å²) >= 11 is 6.35. The van der Waals surface area contributed by atoms with E-state index in [9.17, 15) is 18.5 Å². The number of nitrogens with zero attached hydrogens (tertiary/aromatic N) is 1. The van der Waals surface area contributed by atoms with E-state index in [1.165, 1.54) is 0 Å². The van der Waals surface area contributed by atoms with Gasteiger partial charge >= 0.3 is 0 Å². The molecule has 0 aromatic carbocycles. The minimum absolute atomic E-state index is 0.0453. The lowest BCUT2D eigenvalue weighted by Crippen LogP contribution is -2.33. The Labute approximate surface area is 125 Å². The van der Waals surface area contributed by atoms with Crippen LogP contribution >= 0.6 is 22.9 Å². The number of nitrogens with one attached hydrogen (secondary N) is 1. The molecule has 10 heteroatoms. The number of methoxy groups -OCH3 is 1. The molecule has 0 aliphatic heterocycles. The van der Waals surface area contributed by atoms with E-state index in [2.05, 4.69) is 4.72 Å². The number of halogens is 1. The lowest BCUT2D eigenvalue weighted by Gasteiger charge is -2.12. The third-order valence-corrected chi connectivity index (χ3v) is 6.48. The maximum Gasteiger partial charge on any atom is 0.300 e. The van der Waals surface area contributed by atoms with E-state index in [0.29, 0.717) is 24.2 Å². The largest absolute Gasteiger partial charge is 0.381 e. The summed E-state index contributed by atoms with van der Waals surface area (Å²) in [5.74, 6) is 0. The Hall–Kier alpha value is -0.740. The SMILES string of the molecule is COC1CCC(NS(=O)(=O)c2cc([N+](=O)[O-])c(Cl)s2)C1. The Kier molecular flexibility index (Phi) is 4.65. The molecule has 0 bridgehead atoms. The lowest BCUT2D eigenvalue weighted by atomic mass is 10.3. The van der Waals surface area contributed by atoms with Crippen LogP contribution in [0.2, 0.25) is 4.34 Å². The molecule has 2 atom stereocenters. The van der Waals surface area contributed by atoms with E-state index in [4.69, 9.17) is 16.3 Å². The van der Waals surface area contributed by atoms with E-state index in [1.807, 2.05) is 0 Å². The maximum atomic E-state index is 12.1. The predicted octanol–water partition coefficient (Wildman–Crippen LogP) is 2.16. The Morgan fingerprint density at radius 1 is 1.55 bits per heavy atom. The lowest BCUT2D eigenvalue weighted by molar-refractivity contribution is -0.384. The number of hydrogen-bond donors (Lipinski definition) is 1. The highest BCUT2D eigenvalue weighted by Gasteiger charge is 2.31. The molecule has 2 unspecified atom stereocenters. The smallest absolute Gasteiger partial charge is 0.300 e. The number of thiophene rings is 1. The molecule has 2 rings (SSSR count). The van der Waals surface area contributed by atoms with Crippen molar-refractivity contribution in [3.8, 4) is 0 Å². The highest BCUT2D eigenvalue weighted by molar-refractivity contribution is 7.91. The quantitative estimate of drug-likeness (QED) is 0.654. The number of ether oxygens (including phenoxy) is 1. The molecule has 1 saturated carbocycles. The molecule has 0 saturated heterocycles. The van der Waals surface area contributed by atoms with Gasteiger partial charge in [-0.1, -0.05) is 11.6 Å². The van der Waals surface area contributed by atoms with Gasteiger partial charge in [-0.05, 0) is 19.3 Å². The molecule has 20 heavy (non-hydrogen) atoms. The highest BCUT2D eigenvalue weighted by atomic mass is 35.5. The van der Waals surface area contributed by atoms with Gasteiger partial charge in [0.2, 0.25) is 0 Å². The van der Waals surface area contributed by atoms with Gasteiger partial charge in [0, 0.05) is 19.2 Å². The first kappa shape index (κ1) is 15.6. The molecule has 1 aromatic heterocycles. The topological polar surface area (TPSA) is 98.5 Å². The molecule has 1 aliphatic carbocycles. The van der Waals surface area contributed by atoms with E-state index in [-0.39, 0.29) is 20.7 Å². The molecule has 1 heterocycles. The summed E-state index contributed by atoms with van der Waals surface area (Å²) < 4.78 is 31.7. The molecule has 1 aromatic rings. The van der Waals surface area contributed by atoms with Crippen LogP contribution in [0.4, 0.5) is 5.69 Å². The fraction of sp³-hybridized carbons (Fsp3) is 0.600. The Morgan fingerprint density at radius 3 is 2.75 bits per heavy atom. The van der Waals surface area contributed by atoms with E-state index >= 15 is 0 Å². The second kappa shape index (κ2) is 5.94. The molecule has 0 radical (unpaired) electrons. The van der Waals surface area contributed by atoms with Crippen LogP contribution < -0.4 is 4.72 Å². The summed E-state index contributed by atoms with van der Waals surface area (Å²) in [7, 11) is -2.20. The third-order valence-electron chi connectivity index (χ3n) is 3.15. The molecular weight excluding hydrogens is 328 g/mol. The molecular formula is C10H13ClN2O5S2. The molecule has 112 valence electrons. The predicted molar refractivity (Wildman–Crippen MR) is 74.7 cm³/mol. The van der Waals surface area contributed by atoms with Crippen molar-refractivity contribution in [2.45, 2.75) is 35.6 Å². The average molecular weight is 341 g/mol. The van der Waals surface area contributed by atoms with Crippen LogP contribution in [0.1, 0.15) is 19.3 Å².